The van der Waals surface area contributed by atoms with Gasteiger partial charge < -0.3 is 40.4 Å². The van der Waals surface area contributed by atoms with Crippen LogP contribution in [0.2, 0.25) is 0 Å². The summed E-state index contributed by atoms with van der Waals surface area (Å²) in [6, 6.07) is 16.3. The third-order valence-corrected chi connectivity index (χ3v) is 8.57. The van der Waals surface area contributed by atoms with Crippen molar-refractivity contribution < 1.29 is 69.6 Å². The molecule has 0 bridgehead atoms. The van der Waals surface area contributed by atoms with Gasteiger partial charge in [-0.05, 0) is 80.4 Å². The Hall–Kier alpha value is -6.31. The standard InChI is InChI=1S/C35H34F3N5O6S.C2HF3O2/c1-21(2)48-32(46)25-9-11-26(12-10-25)40-33(47)41-30(16-23-7-13-28(44)14-8-23)31(45)39-17-27-20-42-18-22(3)50-34(42)43(27)19-24-5-4-6-29(15-24)49-35(36,37)38;3-2(4,5)1(6)7/h4-15,18,20-21,30H,16-17,19H2,1-3H3,(H3-,39,40,41,44,45,46,47);(H,6,7)/t30-;/m0./s1. The van der Waals surface area contributed by atoms with Gasteiger partial charge in [-0.1, -0.05) is 35.6 Å². The minimum atomic E-state index is -5.19. The molecule has 2 aromatic heterocycles. The molecule has 2 heterocycles. The molecule has 4 N–H and O–H groups in total. The first kappa shape index (κ1) is 43.4. The van der Waals surface area contributed by atoms with Crippen molar-refractivity contribution in [3.63, 3.8) is 0 Å². The van der Waals surface area contributed by atoms with Gasteiger partial charge in [-0.3, -0.25) is 4.79 Å². The van der Waals surface area contributed by atoms with Gasteiger partial charge in [0.05, 0.1) is 18.2 Å². The number of amides is 3. The van der Waals surface area contributed by atoms with Crippen LogP contribution in [-0.4, -0.2) is 58.2 Å². The minimum Gasteiger partial charge on any atom is -0.542 e. The van der Waals surface area contributed by atoms with Gasteiger partial charge in [0.15, 0.2) is 5.69 Å². The normalized spacial score (nSPS) is 12.0. The number of aliphatic carboxylic acids is 1. The fraction of sp³-hybridized carbons (Fsp3) is 0.270. The second-order valence-electron chi connectivity index (χ2n) is 12.5. The predicted octanol–water partition coefficient (Wildman–Crippen LogP) is 5.16. The number of carbonyl (C=O) groups excluding carboxylic acids is 4. The molecule has 0 saturated carbocycles. The number of hydrogen-bond acceptors (Lipinski definition) is 9. The van der Waals surface area contributed by atoms with Gasteiger partial charge in [-0.25, -0.2) is 14.2 Å². The van der Waals surface area contributed by atoms with Crippen LogP contribution in [0.1, 0.15) is 45.9 Å². The lowest BCUT2D eigenvalue weighted by molar-refractivity contribution is -0.506. The number of aromatic nitrogens is 2. The molecule has 0 radical (unpaired) electrons. The number of alkyl halides is 6. The van der Waals surface area contributed by atoms with E-state index in [4.69, 9.17) is 14.6 Å². The molecule has 5 rings (SSSR count). The zero-order valence-corrected chi connectivity index (χ0v) is 31.1. The summed E-state index contributed by atoms with van der Waals surface area (Å²) in [4.78, 5) is 49.5. The molecule has 5 aromatic rings. The smallest absolute Gasteiger partial charge is 0.542 e. The highest BCUT2D eigenvalue weighted by molar-refractivity contribution is 7.16. The molecule has 3 aromatic carbocycles. The lowest BCUT2D eigenvalue weighted by atomic mass is 10.0. The van der Waals surface area contributed by atoms with Gasteiger partial charge in [-0.2, -0.15) is 17.6 Å². The van der Waals surface area contributed by atoms with E-state index >= 15 is 0 Å². The van der Waals surface area contributed by atoms with E-state index < -0.39 is 42.5 Å². The summed E-state index contributed by atoms with van der Waals surface area (Å²) in [5.41, 5.74) is 2.58. The zero-order valence-electron chi connectivity index (χ0n) is 30.2. The Morgan fingerprint density at radius 1 is 0.930 bits per heavy atom. The molecule has 304 valence electrons. The first-order chi connectivity index (χ1) is 26.7. The average molecular weight is 824 g/mol. The zero-order chi connectivity index (χ0) is 42.1. The summed E-state index contributed by atoms with van der Waals surface area (Å²) < 4.78 is 83.2. The van der Waals surface area contributed by atoms with Crippen LogP contribution < -0.4 is 30.2 Å². The fourth-order valence-electron chi connectivity index (χ4n) is 5.12. The highest BCUT2D eigenvalue weighted by Crippen LogP contribution is 2.25. The number of rotatable bonds is 12. The number of hydrogen-bond donors (Lipinski definition) is 4. The third kappa shape index (κ3) is 13.4. The van der Waals surface area contributed by atoms with E-state index in [1.54, 1.807) is 32.0 Å². The number of fused-ring (bicyclic) bond motifs is 1. The number of nitrogens with one attached hydrogen (secondary N) is 3. The summed E-state index contributed by atoms with van der Waals surface area (Å²) in [5, 5.41) is 26.8. The SMILES string of the molecule is Cc1c[n+]2cc(CNC(=O)[C@H](Cc3ccc(O)cc3)NC(=O)Nc3ccc(C(=O)OC(C)C)cc3)n(Cc3cccc(OC(F)(F)F)c3)c2s1.O=C([O-])C(F)(F)F. The lowest BCUT2D eigenvalue weighted by Gasteiger charge is -2.19. The molecule has 3 amide bonds. The van der Waals surface area contributed by atoms with E-state index in [1.807, 2.05) is 28.3 Å². The monoisotopic (exact) mass is 823 g/mol. The molecule has 0 fully saturated rings. The van der Waals surface area contributed by atoms with E-state index in [1.165, 1.54) is 65.9 Å². The molecule has 0 saturated heterocycles. The minimum absolute atomic E-state index is 0.0361. The number of phenolic OH excluding ortho intramolecular Hbond substituents is 1. The van der Waals surface area contributed by atoms with Gasteiger partial charge in [0.2, 0.25) is 5.91 Å². The van der Waals surface area contributed by atoms with Crippen molar-refractivity contribution in [3.05, 3.63) is 112 Å². The van der Waals surface area contributed by atoms with Crippen LogP contribution in [0, 0.1) is 6.92 Å². The average Bonchev–Trinajstić information content (AvgIpc) is 3.62. The van der Waals surface area contributed by atoms with E-state index in [9.17, 15) is 45.8 Å². The summed E-state index contributed by atoms with van der Waals surface area (Å²) in [5.74, 6) is -4.30. The summed E-state index contributed by atoms with van der Waals surface area (Å²) in [6.07, 6.45) is -6.49. The number of halogens is 6. The largest absolute Gasteiger partial charge is 0.573 e. The molecule has 0 aliphatic rings. The lowest BCUT2D eigenvalue weighted by Crippen LogP contribution is -2.49. The Kier molecular flexibility index (Phi) is 14.1. The topological polar surface area (TPSA) is 175 Å². The molecule has 0 unspecified atom stereocenters. The number of ether oxygens (including phenoxy) is 2. The molecule has 0 aliphatic carbocycles. The number of anilines is 1. The molecule has 57 heavy (non-hydrogen) atoms. The van der Waals surface area contributed by atoms with Crippen LogP contribution in [-0.2, 0) is 33.8 Å². The second-order valence-corrected chi connectivity index (χ2v) is 13.7. The predicted molar refractivity (Wildman–Crippen MR) is 190 cm³/mol. The number of nitrogens with zero attached hydrogens (tertiary/aromatic N) is 2. The van der Waals surface area contributed by atoms with Crippen LogP contribution in [0.25, 0.3) is 4.96 Å². The van der Waals surface area contributed by atoms with Crippen LogP contribution >= 0.6 is 11.3 Å². The number of aromatic hydroxyl groups is 1. The fourth-order valence-corrected chi connectivity index (χ4v) is 6.08. The molecule has 0 aliphatic heterocycles. The number of thiazole rings is 1. The van der Waals surface area contributed by atoms with Crippen molar-refractivity contribution >= 4 is 45.9 Å². The molecular weight excluding hydrogens is 788 g/mol. The Morgan fingerprint density at radius 3 is 2.18 bits per heavy atom. The summed E-state index contributed by atoms with van der Waals surface area (Å²) in [6.45, 7) is 5.64. The molecule has 20 heteroatoms. The van der Waals surface area contributed by atoms with Gasteiger partial charge in [0.1, 0.15) is 42.4 Å². The van der Waals surface area contributed by atoms with Crippen LogP contribution in [0.4, 0.5) is 36.8 Å². The van der Waals surface area contributed by atoms with Crippen LogP contribution in [0.5, 0.6) is 11.5 Å². The number of aryl methyl sites for hydroxylation is 1. The van der Waals surface area contributed by atoms with Crippen molar-refractivity contribution in [1.29, 1.82) is 0 Å². The number of imidazole rings is 1. The Balaban J connectivity index is 0.000000940. The highest BCUT2D eigenvalue weighted by Gasteiger charge is 2.32. The summed E-state index contributed by atoms with van der Waals surface area (Å²) >= 11 is 1.48. The van der Waals surface area contributed by atoms with Gasteiger partial charge in [0, 0.05) is 17.0 Å². The molecule has 13 nitrogen and oxygen atoms in total. The van der Waals surface area contributed by atoms with Crippen molar-refractivity contribution in [2.24, 2.45) is 0 Å². The maximum absolute atomic E-state index is 13.6. The van der Waals surface area contributed by atoms with Crippen LogP contribution in [0.15, 0.2) is 85.2 Å². The highest BCUT2D eigenvalue weighted by atomic mass is 32.1. The van der Waals surface area contributed by atoms with Gasteiger partial charge >= 0.3 is 29.5 Å². The van der Waals surface area contributed by atoms with Crippen molar-refractivity contribution in [3.8, 4) is 11.5 Å². The van der Waals surface area contributed by atoms with Crippen molar-refractivity contribution in [1.82, 2.24) is 15.2 Å². The quantitative estimate of drug-likeness (QED) is 0.0759. The van der Waals surface area contributed by atoms with E-state index in [2.05, 4.69) is 20.7 Å². The Labute approximate surface area is 324 Å². The third-order valence-electron chi connectivity index (χ3n) is 7.53. The maximum Gasteiger partial charge on any atom is 0.573 e. The van der Waals surface area contributed by atoms with Gasteiger partial charge in [0.25, 0.3) is 0 Å². The first-order valence-corrected chi connectivity index (χ1v) is 17.6. The Morgan fingerprint density at radius 2 is 1.58 bits per heavy atom. The van der Waals surface area contributed by atoms with E-state index in [0.29, 0.717) is 28.1 Å². The number of phenols is 1. The molecule has 0 spiro atoms. The number of benzene rings is 3. The maximum atomic E-state index is 13.6. The molecular formula is C37H35F6N5O8S. The van der Waals surface area contributed by atoms with E-state index in [0.717, 1.165) is 9.84 Å². The number of carbonyl (C=O) groups is 4. The van der Waals surface area contributed by atoms with Crippen molar-refractivity contribution in [2.75, 3.05) is 5.32 Å². The number of urea groups is 1. The Bertz CT molecular complexity index is 2190. The van der Waals surface area contributed by atoms with Gasteiger partial charge in [-0.15, -0.1) is 13.2 Å². The molecule has 1 atom stereocenters. The van der Waals surface area contributed by atoms with Crippen LogP contribution in [0.3, 0.4) is 0 Å². The van der Waals surface area contributed by atoms with Crippen molar-refractivity contribution in [2.45, 2.75) is 65.0 Å². The number of esters is 1. The number of carboxylic acid groups (broad SMARTS) is 1. The second kappa shape index (κ2) is 18.5. The number of carboxylic acids is 1. The first-order valence-electron chi connectivity index (χ1n) is 16.7. The summed E-state index contributed by atoms with van der Waals surface area (Å²) in [7, 11) is 0. The van der Waals surface area contributed by atoms with E-state index in [-0.39, 0.29) is 37.1 Å².